The Morgan fingerprint density at radius 3 is 2.21 bits per heavy atom. The quantitative estimate of drug-likeness (QED) is 0.516. The van der Waals surface area contributed by atoms with Crippen molar-refractivity contribution in [2.45, 2.75) is 6.92 Å². The van der Waals surface area contributed by atoms with Crippen LogP contribution in [-0.2, 0) is 0 Å². The molecule has 1 heterocycles. The van der Waals surface area contributed by atoms with Crippen molar-refractivity contribution >= 4 is 16.5 Å². The Morgan fingerprint density at radius 1 is 1.07 bits per heavy atom. The fourth-order valence-electron chi connectivity index (χ4n) is 1.50. The van der Waals surface area contributed by atoms with Crippen LogP contribution < -0.4 is 16.9 Å². The van der Waals surface area contributed by atoms with Gasteiger partial charge < -0.3 is 5.73 Å². The van der Waals surface area contributed by atoms with Gasteiger partial charge in [0.1, 0.15) is 0 Å². The summed E-state index contributed by atoms with van der Waals surface area (Å²) in [4.78, 5) is 22.8. The molecule has 1 aromatic carbocycles. The van der Waals surface area contributed by atoms with Crippen molar-refractivity contribution in [1.29, 1.82) is 0 Å². The molecule has 0 spiro atoms. The predicted octanol–water partition coefficient (Wildman–Crippen LogP) is 0.107. The van der Waals surface area contributed by atoms with E-state index in [1.165, 1.54) is 0 Å². The number of rotatable bonds is 0. The van der Waals surface area contributed by atoms with Crippen molar-refractivity contribution in [3.8, 4) is 0 Å². The number of nitrogens with one attached hydrogen (secondary N) is 2. The summed E-state index contributed by atoms with van der Waals surface area (Å²) in [5.41, 5.74) is 5.97. The van der Waals surface area contributed by atoms with Crippen LogP contribution in [0.1, 0.15) is 5.56 Å². The summed E-state index contributed by atoms with van der Waals surface area (Å²) in [7, 11) is 0. The number of aromatic nitrogens is 2. The fourth-order valence-corrected chi connectivity index (χ4v) is 1.50. The summed E-state index contributed by atoms with van der Waals surface area (Å²) in [6.45, 7) is 1.76. The Labute approximate surface area is 78.5 Å². The highest BCUT2D eigenvalue weighted by atomic mass is 16.1. The van der Waals surface area contributed by atoms with Gasteiger partial charge in [0, 0.05) is 5.69 Å². The molecule has 5 nitrogen and oxygen atoms in total. The number of anilines is 1. The van der Waals surface area contributed by atoms with Crippen LogP contribution in [0.5, 0.6) is 0 Å². The topological polar surface area (TPSA) is 91.7 Å². The van der Waals surface area contributed by atoms with E-state index < -0.39 is 0 Å². The number of hydrogen-bond acceptors (Lipinski definition) is 3. The summed E-state index contributed by atoms with van der Waals surface area (Å²) in [5, 5.41) is 5.11. The lowest BCUT2D eigenvalue weighted by Crippen LogP contribution is -2.20. The largest absolute Gasteiger partial charge is 0.398 e. The molecule has 14 heavy (non-hydrogen) atoms. The third-order valence-corrected chi connectivity index (χ3v) is 2.19. The van der Waals surface area contributed by atoms with E-state index in [1.807, 2.05) is 0 Å². The van der Waals surface area contributed by atoms with Gasteiger partial charge in [-0.3, -0.25) is 19.8 Å². The summed E-state index contributed by atoms with van der Waals surface area (Å²) in [6, 6.07) is 3.33. The first kappa shape index (κ1) is 8.55. The first-order chi connectivity index (χ1) is 6.61. The van der Waals surface area contributed by atoms with Gasteiger partial charge in [0.2, 0.25) is 0 Å². The van der Waals surface area contributed by atoms with E-state index in [-0.39, 0.29) is 16.5 Å². The van der Waals surface area contributed by atoms with Crippen LogP contribution in [0.15, 0.2) is 21.7 Å². The monoisotopic (exact) mass is 191 g/mol. The van der Waals surface area contributed by atoms with Gasteiger partial charge in [0.15, 0.2) is 0 Å². The van der Waals surface area contributed by atoms with Gasteiger partial charge in [0.25, 0.3) is 11.1 Å². The molecule has 0 aliphatic rings. The zero-order valence-electron chi connectivity index (χ0n) is 7.55. The highest BCUT2D eigenvalue weighted by Crippen LogP contribution is 2.16. The SMILES string of the molecule is Cc1ccc(N)c2c(=O)[nH][nH]c(=O)c12. The number of aromatic amines is 2. The molecule has 0 saturated heterocycles. The van der Waals surface area contributed by atoms with Crippen LogP contribution in [0.4, 0.5) is 5.69 Å². The van der Waals surface area contributed by atoms with E-state index in [1.54, 1.807) is 19.1 Å². The minimum atomic E-state index is -0.374. The van der Waals surface area contributed by atoms with Crippen LogP contribution in [-0.4, -0.2) is 10.2 Å². The molecule has 0 radical (unpaired) electrons. The molecule has 0 aliphatic heterocycles. The van der Waals surface area contributed by atoms with Gasteiger partial charge in [-0.2, -0.15) is 0 Å². The maximum atomic E-state index is 11.4. The van der Waals surface area contributed by atoms with Crippen LogP contribution in [0.2, 0.25) is 0 Å². The Hall–Kier alpha value is -2.04. The molecule has 72 valence electrons. The molecule has 0 saturated carbocycles. The number of nitrogen functional groups attached to an aromatic ring is 1. The van der Waals surface area contributed by atoms with Crippen molar-refractivity contribution in [1.82, 2.24) is 10.2 Å². The molecule has 1 aromatic heterocycles. The number of nitrogens with two attached hydrogens (primary N) is 1. The Bertz CT molecular complexity index is 555. The Morgan fingerprint density at radius 2 is 1.64 bits per heavy atom. The molecule has 4 N–H and O–H groups in total. The zero-order chi connectivity index (χ0) is 10.3. The average molecular weight is 191 g/mol. The highest BCUT2D eigenvalue weighted by Gasteiger charge is 2.08. The lowest BCUT2D eigenvalue weighted by Gasteiger charge is -2.02. The van der Waals surface area contributed by atoms with E-state index in [0.29, 0.717) is 11.1 Å². The van der Waals surface area contributed by atoms with Gasteiger partial charge in [-0.05, 0) is 18.6 Å². The van der Waals surface area contributed by atoms with Crippen LogP contribution >= 0.6 is 0 Å². The van der Waals surface area contributed by atoms with E-state index in [9.17, 15) is 9.59 Å². The van der Waals surface area contributed by atoms with E-state index in [0.717, 1.165) is 5.56 Å². The fraction of sp³-hybridized carbons (Fsp3) is 0.111. The minimum absolute atomic E-state index is 0.258. The maximum Gasteiger partial charge on any atom is 0.272 e. The molecule has 0 amide bonds. The Kier molecular flexibility index (Phi) is 1.67. The second kappa shape index (κ2) is 2.73. The molecular formula is C9H9N3O2. The maximum absolute atomic E-state index is 11.4. The first-order valence-corrected chi connectivity index (χ1v) is 4.11. The van der Waals surface area contributed by atoms with Gasteiger partial charge in [-0.1, -0.05) is 6.07 Å². The second-order valence-corrected chi connectivity index (χ2v) is 3.13. The van der Waals surface area contributed by atoms with Crippen molar-refractivity contribution in [2.75, 3.05) is 5.73 Å². The van der Waals surface area contributed by atoms with Gasteiger partial charge in [-0.25, -0.2) is 0 Å². The van der Waals surface area contributed by atoms with Crippen molar-refractivity contribution in [3.63, 3.8) is 0 Å². The van der Waals surface area contributed by atoms with E-state index >= 15 is 0 Å². The molecule has 0 aliphatic carbocycles. The smallest absolute Gasteiger partial charge is 0.272 e. The molecule has 0 unspecified atom stereocenters. The lowest BCUT2D eigenvalue weighted by atomic mass is 10.1. The van der Waals surface area contributed by atoms with Gasteiger partial charge in [-0.15, -0.1) is 0 Å². The number of H-pyrrole nitrogens is 2. The van der Waals surface area contributed by atoms with Crippen molar-refractivity contribution in [2.24, 2.45) is 0 Å². The third-order valence-electron chi connectivity index (χ3n) is 2.19. The van der Waals surface area contributed by atoms with Gasteiger partial charge in [0.05, 0.1) is 10.8 Å². The molecule has 0 fully saturated rings. The van der Waals surface area contributed by atoms with Crippen LogP contribution in [0.3, 0.4) is 0 Å². The average Bonchev–Trinajstić information content (AvgIpc) is 2.16. The summed E-state index contributed by atoms with van der Waals surface area (Å²) >= 11 is 0. The molecule has 2 aromatic rings. The highest BCUT2D eigenvalue weighted by molar-refractivity contribution is 5.93. The van der Waals surface area contributed by atoms with Crippen molar-refractivity contribution in [3.05, 3.63) is 38.4 Å². The molecule has 0 atom stereocenters. The Balaban J connectivity index is 3.22. The van der Waals surface area contributed by atoms with Crippen LogP contribution in [0.25, 0.3) is 10.8 Å². The summed E-state index contributed by atoms with van der Waals surface area (Å²) in [5.74, 6) is 0. The molecule has 5 heteroatoms. The molecule has 2 rings (SSSR count). The number of aryl methyl sites for hydroxylation is 1. The standard InChI is InChI=1S/C9H9N3O2/c1-4-2-3-5(10)7-6(4)8(13)11-12-9(7)14/h2-3H,10H2,1H3,(H,11,13)(H,12,14). The third kappa shape index (κ3) is 1.02. The zero-order valence-corrected chi connectivity index (χ0v) is 7.55. The first-order valence-electron chi connectivity index (χ1n) is 4.11. The minimum Gasteiger partial charge on any atom is -0.398 e. The molecule has 0 bridgehead atoms. The number of benzene rings is 1. The predicted molar refractivity (Wildman–Crippen MR) is 54.3 cm³/mol. The summed E-state index contributed by atoms with van der Waals surface area (Å²) in [6.07, 6.45) is 0. The van der Waals surface area contributed by atoms with E-state index in [2.05, 4.69) is 10.2 Å². The lowest BCUT2D eigenvalue weighted by molar-refractivity contribution is 0.975. The van der Waals surface area contributed by atoms with Crippen molar-refractivity contribution < 1.29 is 0 Å². The van der Waals surface area contributed by atoms with E-state index in [4.69, 9.17) is 5.73 Å². The number of fused-ring (bicyclic) bond motifs is 1. The normalized spacial score (nSPS) is 10.6. The summed E-state index contributed by atoms with van der Waals surface area (Å²) < 4.78 is 0. The number of hydrogen-bond donors (Lipinski definition) is 3. The van der Waals surface area contributed by atoms with Crippen LogP contribution in [0, 0.1) is 6.92 Å². The second-order valence-electron chi connectivity index (χ2n) is 3.13. The van der Waals surface area contributed by atoms with Gasteiger partial charge >= 0.3 is 0 Å². The molecular weight excluding hydrogens is 182 g/mol.